The fourth-order valence-corrected chi connectivity index (χ4v) is 3.60. The summed E-state index contributed by atoms with van der Waals surface area (Å²) in [6, 6.07) is 32.9. The maximum absolute atomic E-state index is 5.89. The molecule has 32 heavy (non-hydrogen) atoms. The van der Waals surface area contributed by atoms with E-state index in [4.69, 9.17) is 9.15 Å². The van der Waals surface area contributed by atoms with Crippen molar-refractivity contribution in [1.29, 1.82) is 0 Å². The van der Waals surface area contributed by atoms with Crippen LogP contribution in [0, 0.1) is 6.92 Å². The van der Waals surface area contributed by atoms with Gasteiger partial charge in [-0.3, -0.25) is 0 Å². The van der Waals surface area contributed by atoms with Gasteiger partial charge >= 0.3 is 0 Å². The van der Waals surface area contributed by atoms with Crippen molar-refractivity contribution in [2.24, 2.45) is 0 Å². The second kappa shape index (κ2) is 8.52. The zero-order chi connectivity index (χ0) is 21.9. The van der Waals surface area contributed by atoms with Gasteiger partial charge in [0.15, 0.2) is 0 Å². The molecule has 0 N–H and O–H groups in total. The minimum absolute atomic E-state index is 0.516. The van der Waals surface area contributed by atoms with Crippen molar-refractivity contribution in [3.63, 3.8) is 0 Å². The van der Waals surface area contributed by atoms with Gasteiger partial charge in [-0.1, -0.05) is 66.2 Å². The van der Waals surface area contributed by atoms with Crippen LogP contribution in [0.3, 0.4) is 0 Å². The van der Waals surface area contributed by atoms with Crippen molar-refractivity contribution in [2.75, 3.05) is 7.11 Å². The number of nitrogens with zero attached hydrogens (tertiary/aromatic N) is 2. The predicted molar refractivity (Wildman–Crippen MR) is 127 cm³/mol. The Kier molecular flexibility index (Phi) is 5.26. The van der Waals surface area contributed by atoms with Gasteiger partial charge in [0, 0.05) is 11.1 Å². The monoisotopic (exact) mass is 418 g/mol. The van der Waals surface area contributed by atoms with Gasteiger partial charge in [0.1, 0.15) is 5.75 Å². The Morgan fingerprint density at radius 2 is 0.844 bits per heavy atom. The lowest BCUT2D eigenvalue weighted by atomic mass is 9.99. The molecule has 0 radical (unpaired) electrons. The first-order valence-corrected chi connectivity index (χ1v) is 10.5. The average Bonchev–Trinajstić information content (AvgIpc) is 3.35. The third-order valence-electron chi connectivity index (χ3n) is 5.50. The van der Waals surface area contributed by atoms with Gasteiger partial charge in [0.25, 0.3) is 0 Å². The zero-order valence-corrected chi connectivity index (χ0v) is 17.9. The molecule has 0 aliphatic carbocycles. The van der Waals surface area contributed by atoms with Crippen molar-refractivity contribution >= 4 is 0 Å². The van der Waals surface area contributed by atoms with E-state index in [9.17, 15) is 0 Å². The van der Waals surface area contributed by atoms with Crippen molar-refractivity contribution in [1.82, 2.24) is 10.2 Å². The number of hydrogen-bond acceptors (Lipinski definition) is 4. The second-order valence-corrected chi connectivity index (χ2v) is 7.66. The van der Waals surface area contributed by atoms with Gasteiger partial charge < -0.3 is 9.15 Å². The van der Waals surface area contributed by atoms with Crippen LogP contribution in [0.2, 0.25) is 0 Å². The molecule has 5 aromatic rings. The Hall–Kier alpha value is -4.18. The molecule has 0 amide bonds. The van der Waals surface area contributed by atoms with Crippen LogP contribution in [0.4, 0.5) is 0 Å². The summed E-state index contributed by atoms with van der Waals surface area (Å²) in [6.45, 7) is 2.05. The predicted octanol–water partition coefficient (Wildman–Crippen LogP) is 7.05. The average molecular weight is 418 g/mol. The second-order valence-electron chi connectivity index (χ2n) is 7.66. The lowest BCUT2D eigenvalue weighted by Crippen LogP contribution is -1.84. The summed E-state index contributed by atoms with van der Waals surface area (Å²) in [7, 11) is 1.68. The molecule has 1 aromatic heterocycles. The number of aromatic nitrogens is 2. The third kappa shape index (κ3) is 4.03. The van der Waals surface area contributed by atoms with E-state index in [1.54, 1.807) is 7.11 Å². The fraction of sp³-hybridized carbons (Fsp3) is 0.0714. The highest BCUT2D eigenvalue weighted by molar-refractivity contribution is 5.72. The SMILES string of the molecule is COc1ccc(-c2ccc(-c3ccc(-c4nnc(-c5ccc(C)cc5)o4)cc3)cc2)cc1. The first kappa shape index (κ1) is 19.8. The van der Waals surface area contributed by atoms with E-state index < -0.39 is 0 Å². The van der Waals surface area contributed by atoms with E-state index in [-0.39, 0.29) is 0 Å². The molecule has 0 unspecified atom stereocenters. The summed E-state index contributed by atoms with van der Waals surface area (Å²) in [4.78, 5) is 0. The Morgan fingerprint density at radius 3 is 1.25 bits per heavy atom. The number of ether oxygens (including phenoxy) is 1. The lowest BCUT2D eigenvalue weighted by molar-refractivity contribution is 0.415. The molecule has 0 aliphatic rings. The molecule has 0 saturated carbocycles. The van der Waals surface area contributed by atoms with E-state index in [1.165, 1.54) is 11.1 Å². The summed E-state index contributed by atoms with van der Waals surface area (Å²) in [5.41, 5.74) is 7.63. The molecule has 4 nitrogen and oxygen atoms in total. The van der Waals surface area contributed by atoms with Crippen LogP contribution < -0.4 is 4.74 Å². The van der Waals surface area contributed by atoms with Gasteiger partial charge in [-0.15, -0.1) is 10.2 Å². The fourth-order valence-electron chi connectivity index (χ4n) is 3.60. The number of rotatable bonds is 5. The zero-order valence-electron chi connectivity index (χ0n) is 17.9. The molecule has 4 heteroatoms. The van der Waals surface area contributed by atoms with Crippen molar-refractivity contribution in [3.05, 3.63) is 103 Å². The number of hydrogen-bond donors (Lipinski definition) is 0. The molecular formula is C28H22N2O2. The molecule has 0 spiro atoms. The maximum atomic E-state index is 5.89. The highest BCUT2D eigenvalue weighted by Crippen LogP contribution is 2.29. The Balaban J connectivity index is 1.34. The standard InChI is InChI=1S/C28H22N2O2/c1-19-3-5-24(6-4-19)27-29-30-28(32-27)25-13-11-22(12-14-25)20-7-9-21(10-8-20)23-15-17-26(31-2)18-16-23/h3-18H,1-2H3. The minimum atomic E-state index is 0.516. The van der Waals surface area contributed by atoms with Crippen LogP contribution in [0.1, 0.15) is 5.56 Å². The van der Waals surface area contributed by atoms with Gasteiger partial charge in [-0.25, -0.2) is 0 Å². The van der Waals surface area contributed by atoms with Crippen LogP contribution in [-0.2, 0) is 0 Å². The van der Waals surface area contributed by atoms with Crippen molar-refractivity contribution in [3.8, 4) is 50.9 Å². The maximum Gasteiger partial charge on any atom is 0.248 e. The minimum Gasteiger partial charge on any atom is -0.497 e. The quantitative estimate of drug-likeness (QED) is 0.307. The van der Waals surface area contributed by atoms with Crippen molar-refractivity contribution < 1.29 is 9.15 Å². The topological polar surface area (TPSA) is 48.2 Å². The Morgan fingerprint density at radius 1 is 0.500 bits per heavy atom. The lowest BCUT2D eigenvalue weighted by Gasteiger charge is -2.06. The van der Waals surface area contributed by atoms with E-state index in [1.807, 2.05) is 48.5 Å². The Bertz CT molecular complexity index is 1320. The summed E-state index contributed by atoms with van der Waals surface area (Å²) in [6.07, 6.45) is 0. The molecule has 0 aliphatic heterocycles. The molecule has 156 valence electrons. The van der Waals surface area contributed by atoms with Gasteiger partial charge in [0.2, 0.25) is 11.8 Å². The van der Waals surface area contributed by atoms with E-state index in [0.29, 0.717) is 11.8 Å². The summed E-state index contributed by atoms with van der Waals surface area (Å²) < 4.78 is 11.1. The van der Waals surface area contributed by atoms with E-state index >= 15 is 0 Å². The third-order valence-corrected chi connectivity index (χ3v) is 5.50. The molecular weight excluding hydrogens is 396 g/mol. The van der Waals surface area contributed by atoms with E-state index in [0.717, 1.165) is 33.6 Å². The summed E-state index contributed by atoms with van der Waals surface area (Å²) in [5, 5.41) is 8.42. The van der Waals surface area contributed by atoms with Gasteiger partial charge in [0.05, 0.1) is 7.11 Å². The van der Waals surface area contributed by atoms with Crippen LogP contribution in [0.15, 0.2) is 101 Å². The number of methoxy groups -OCH3 is 1. The van der Waals surface area contributed by atoms with Crippen LogP contribution >= 0.6 is 0 Å². The molecule has 0 saturated heterocycles. The van der Waals surface area contributed by atoms with Crippen LogP contribution in [0.25, 0.3) is 45.2 Å². The first-order valence-electron chi connectivity index (χ1n) is 10.5. The van der Waals surface area contributed by atoms with Gasteiger partial charge in [-0.2, -0.15) is 0 Å². The van der Waals surface area contributed by atoms with Gasteiger partial charge in [-0.05, 0) is 65.6 Å². The van der Waals surface area contributed by atoms with Crippen LogP contribution in [0.5, 0.6) is 5.75 Å². The van der Waals surface area contributed by atoms with E-state index in [2.05, 4.69) is 65.7 Å². The van der Waals surface area contributed by atoms with Crippen LogP contribution in [-0.4, -0.2) is 17.3 Å². The van der Waals surface area contributed by atoms with Crippen molar-refractivity contribution in [2.45, 2.75) is 6.92 Å². The number of aryl methyl sites for hydroxylation is 1. The molecule has 0 fully saturated rings. The summed E-state index contributed by atoms with van der Waals surface area (Å²) >= 11 is 0. The molecule has 0 atom stereocenters. The largest absolute Gasteiger partial charge is 0.497 e. The first-order chi connectivity index (χ1) is 15.7. The molecule has 1 heterocycles. The molecule has 4 aromatic carbocycles. The summed E-state index contributed by atoms with van der Waals surface area (Å²) in [5.74, 6) is 1.90. The highest BCUT2D eigenvalue weighted by Gasteiger charge is 2.11. The number of benzene rings is 4. The molecule has 5 rings (SSSR count). The highest BCUT2D eigenvalue weighted by atomic mass is 16.5. The normalized spacial score (nSPS) is 10.8. The Labute approximate surface area is 187 Å². The molecule has 0 bridgehead atoms. The smallest absolute Gasteiger partial charge is 0.248 e.